The zero-order chi connectivity index (χ0) is 24.2. The summed E-state index contributed by atoms with van der Waals surface area (Å²) >= 11 is 0. The Morgan fingerprint density at radius 2 is 1.59 bits per heavy atom. The third-order valence-electron chi connectivity index (χ3n) is 6.58. The Labute approximate surface area is 236 Å². The van der Waals surface area contributed by atoms with Gasteiger partial charge in [-0.05, 0) is 43.5 Å². The molecule has 0 bridgehead atoms. The number of carboxylic acid groups (broad SMARTS) is 1. The molecule has 0 spiro atoms. The van der Waals surface area contributed by atoms with Crippen LogP contribution in [0.5, 0.6) is 0 Å². The number of likely N-dealkylation sites (tertiary alicyclic amines) is 1. The highest BCUT2D eigenvalue weighted by Gasteiger charge is 2.24. The van der Waals surface area contributed by atoms with Crippen LogP contribution >= 0.6 is 37.2 Å². The van der Waals surface area contributed by atoms with Crippen molar-refractivity contribution in [2.24, 2.45) is 5.92 Å². The number of piperidine rings is 1. The smallest absolute Gasteiger partial charge is 0.336 e. The number of carbonyl (C=O) groups excluding carboxylic acids is 2. The number of carboxylic acids is 1. The Bertz CT molecular complexity index is 1090. The molecule has 0 saturated carbocycles. The van der Waals surface area contributed by atoms with Gasteiger partial charge in [0.2, 0.25) is 11.8 Å². The van der Waals surface area contributed by atoms with E-state index in [0.29, 0.717) is 42.0 Å². The van der Waals surface area contributed by atoms with Crippen molar-refractivity contribution in [3.8, 4) is 0 Å². The fourth-order valence-corrected chi connectivity index (χ4v) is 4.48. The van der Waals surface area contributed by atoms with E-state index < -0.39 is 5.97 Å². The number of halogens is 3. The first-order valence-corrected chi connectivity index (χ1v) is 12.1. The van der Waals surface area contributed by atoms with E-state index in [-0.39, 0.29) is 60.5 Å². The quantitative estimate of drug-likeness (QED) is 0.537. The van der Waals surface area contributed by atoms with Crippen molar-refractivity contribution in [1.29, 1.82) is 0 Å². The number of piperazine rings is 1. The first-order chi connectivity index (χ1) is 16.3. The molecule has 4 rings (SSSR count). The molecular weight excluding hydrogens is 541 g/mol. The van der Waals surface area contributed by atoms with E-state index in [9.17, 15) is 19.5 Å². The molecule has 2 aliphatic rings. The summed E-state index contributed by atoms with van der Waals surface area (Å²) in [6.45, 7) is 8.56. The summed E-state index contributed by atoms with van der Waals surface area (Å²) in [5.41, 5.74) is 1.28. The monoisotopic (exact) mass is 575 g/mol. The van der Waals surface area contributed by atoms with Crippen LogP contribution in [0.15, 0.2) is 24.3 Å². The van der Waals surface area contributed by atoms with Crippen molar-refractivity contribution < 1.29 is 19.5 Å². The van der Waals surface area contributed by atoms with Gasteiger partial charge in [0.1, 0.15) is 5.82 Å². The summed E-state index contributed by atoms with van der Waals surface area (Å²) in [5.74, 6) is -0.524. The summed E-state index contributed by atoms with van der Waals surface area (Å²) in [4.78, 5) is 47.6. The normalized spacial score (nSPS) is 15.9. The first-order valence-electron chi connectivity index (χ1n) is 12.1. The van der Waals surface area contributed by atoms with Crippen LogP contribution in [0, 0.1) is 5.92 Å². The van der Waals surface area contributed by atoms with Gasteiger partial charge < -0.3 is 20.2 Å². The van der Waals surface area contributed by atoms with Gasteiger partial charge in [-0.2, -0.15) is 0 Å². The molecule has 9 nitrogen and oxygen atoms in total. The van der Waals surface area contributed by atoms with Gasteiger partial charge in [0.05, 0.1) is 17.6 Å². The number of benzene rings is 1. The minimum atomic E-state index is -1.04. The Kier molecular flexibility index (Phi) is 12.9. The number of rotatable bonds is 6. The first kappa shape index (κ1) is 32.7. The zero-order valence-electron chi connectivity index (χ0n) is 21.1. The molecule has 2 N–H and O–H groups in total. The minimum absolute atomic E-state index is 0. The number of carbonyl (C=O) groups is 3. The van der Waals surface area contributed by atoms with Gasteiger partial charge in [0, 0.05) is 56.3 Å². The van der Waals surface area contributed by atoms with Crippen LogP contribution in [0.3, 0.4) is 0 Å². The molecular formula is C25H36Cl3N5O4. The Hall–Kier alpha value is -2.33. The topological polar surface area (TPSA) is 106 Å². The highest BCUT2D eigenvalue weighted by atomic mass is 35.5. The number of fused-ring (bicyclic) bond motifs is 1. The lowest BCUT2D eigenvalue weighted by Crippen LogP contribution is -2.51. The lowest BCUT2D eigenvalue weighted by Gasteiger charge is -2.36. The SMILES string of the molecule is CC(C)C(=O)Nc1ccc2nc(N3CCN(CC(=O)N4CCCCC4)CC3)cc(C(=O)O)c2c1.Cl.Cl.Cl. The van der Waals surface area contributed by atoms with Gasteiger partial charge >= 0.3 is 5.97 Å². The molecule has 0 unspecified atom stereocenters. The number of hydrogen-bond acceptors (Lipinski definition) is 6. The number of nitrogens with zero attached hydrogens (tertiary/aromatic N) is 4. The van der Waals surface area contributed by atoms with Crippen LogP contribution < -0.4 is 10.2 Å². The highest BCUT2D eigenvalue weighted by Crippen LogP contribution is 2.27. The molecule has 0 atom stereocenters. The molecule has 2 fully saturated rings. The van der Waals surface area contributed by atoms with Gasteiger partial charge in [0.25, 0.3) is 0 Å². The predicted molar refractivity (Wildman–Crippen MR) is 153 cm³/mol. The zero-order valence-corrected chi connectivity index (χ0v) is 23.6. The largest absolute Gasteiger partial charge is 0.478 e. The molecule has 12 heteroatoms. The van der Waals surface area contributed by atoms with Crippen LogP contribution in [0.25, 0.3) is 10.9 Å². The van der Waals surface area contributed by atoms with E-state index >= 15 is 0 Å². The van der Waals surface area contributed by atoms with Crippen LogP contribution in [0.1, 0.15) is 43.5 Å². The van der Waals surface area contributed by atoms with Crippen LogP contribution in [0.2, 0.25) is 0 Å². The molecule has 3 heterocycles. The van der Waals surface area contributed by atoms with E-state index in [1.54, 1.807) is 38.1 Å². The standard InChI is InChI=1S/C25H33N5O4.3ClH/c1-17(2)24(32)26-18-6-7-21-19(14-18)20(25(33)34)15-22(27-21)29-12-10-28(11-13-29)16-23(31)30-8-4-3-5-9-30;;;/h6-7,14-15,17H,3-5,8-13,16H2,1-2H3,(H,26,32)(H,33,34);3*1H. The van der Waals surface area contributed by atoms with Gasteiger partial charge in [-0.25, -0.2) is 9.78 Å². The third kappa shape index (κ3) is 8.07. The highest BCUT2D eigenvalue weighted by molar-refractivity contribution is 6.05. The number of aromatic carboxylic acids is 1. The summed E-state index contributed by atoms with van der Waals surface area (Å²) < 4.78 is 0. The maximum Gasteiger partial charge on any atom is 0.336 e. The maximum absolute atomic E-state index is 12.6. The van der Waals surface area contributed by atoms with Crippen LogP contribution in [0.4, 0.5) is 11.5 Å². The van der Waals surface area contributed by atoms with Gasteiger partial charge in [-0.15, -0.1) is 37.2 Å². The fourth-order valence-electron chi connectivity index (χ4n) is 4.48. The van der Waals surface area contributed by atoms with Crippen molar-refractivity contribution in [2.75, 3.05) is 56.0 Å². The summed E-state index contributed by atoms with van der Waals surface area (Å²) in [6.07, 6.45) is 3.38. The molecule has 2 aromatic rings. The average molecular weight is 577 g/mol. The molecule has 1 aromatic heterocycles. The van der Waals surface area contributed by atoms with Crippen molar-refractivity contribution in [1.82, 2.24) is 14.8 Å². The van der Waals surface area contributed by atoms with E-state index in [4.69, 9.17) is 4.98 Å². The van der Waals surface area contributed by atoms with Gasteiger partial charge in [-0.3, -0.25) is 14.5 Å². The molecule has 0 aliphatic carbocycles. The van der Waals surface area contributed by atoms with E-state index in [2.05, 4.69) is 15.1 Å². The second kappa shape index (κ2) is 14.6. The van der Waals surface area contributed by atoms with Crippen molar-refractivity contribution >= 4 is 77.4 Å². The summed E-state index contributed by atoms with van der Waals surface area (Å²) in [6, 6.07) is 6.76. The van der Waals surface area contributed by atoms with Gasteiger partial charge in [-0.1, -0.05) is 13.8 Å². The van der Waals surface area contributed by atoms with Crippen molar-refractivity contribution in [3.63, 3.8) is 0 Å². The number of amides is 2. The molecule has 2 saturated heterocycles. The average Bonchev–Trinajstić information content (AvgIpc) is 2.84. The molecule has 2 amide bonds. The summed E-state index contributed by atoms with van der Waals surface area (Å²) in [5, 5.41) is 13.2. The Morgan fingerprint density at radius 3 is 2.19 bits per heavy atom. The van der Waals surface area contributed by atoms with Crippen LogP contribution in [-0.2, 0) is 9.59 Å². The number of anilines is 2. The van der Waals surface area contributed by atoms with Crippen molar-refractivity contribution in [3.05, 3.63) is 29.8 Å². The van der Waals surface area contributed by atoms with E-state index in [1.807, 2.05) is 4.90 Å². The predicted octanol–water partition coefficient (Wildman–Crippen LogP) is 3.93. The van der Waals surface area contributed by atoms with E-state index in [0.717, 1.165) is 39.0 Å². The molecule has 0 radical (unpaired) electrons. The van der Waals surface area contributed by atoms with Gasteiger partial charge in [0.15, 0.2) is 0 Å². The minimum Gasteiger partial charge on any atom is -0.478 e. The Balaban J connectivity index is 0.00000228. The third-order valence-corrected chi connectivity index (χ3v) is 6.58. The number of pyridine rings is 1. The summed E-state index contributed by atoms with van der Waals surface area (Å²) in [7, 11) is 0. The van der Waals surface area contributed by atoms with Crippen LogP contribution in [-0.4, -0.2) is 83.5 Å². The second-order valence-electron chi connectivity index (χ2n) is 9.41. The molecule has 2 aliphatic heterocycles. The van der Waals surface area contributed by atoms with E-state index in [1.165, 1.54) is 6.42 Å². The lowest BCUT2D eigenvalue weighted by molar-refractivity contribution is -0.133. The number of aromatic nitrogens is 1. The number of hydrogen-bond donors (Lipinski definition) is 2. The second-order valence-corrected chi connectivity index (χ2v) is 9.41. The molecule has 1 aromatic carbocycles. The molecule has 206 valence electrons. The Morgan fingerprint density at radius 1 is 0.946 bits per heavy atom. The maximum atomic E-state index is 12.6. The number of nitrogens with one attached hydrogen (secondary N) is 1. The lowest BCUT2D eigenvalue weighted by atomic mass is 10.1. The van der Waals surface area contributed by atoms with Crippen molar-refractivity contribution in [2.45, 2.75) is 33.1 Å². The fraction of sp³-hybridized carbons (Fsp3) is 0.520. The molecule has 37 heavy (non-hydrogen) atoms.